The van der Waals surface area contributed by atoms with Crippen LogP contribution in [0.2, 0.25) is 5.02 Å². The van der Waals surface area contributed by atoms with Gasteiger partial charge in [0.05, 0.1) is 0 Å². The van der Waals surface area contributed by atoms with Crippen LogP contribution in [0.5, 0.6) is 0 Å². The van der Waals surface area contributed by atoms with Crippen molar-refractivity contribution in [3.63, 3.8) is 0 Å². The average Bonchev–Trinajstić information content (AvgIpc) is 2.15. The third-order valence-electron chi connectivity index (χ3n) is 4.06. The SMILES string of the molecule is Clc1ccc(C2CC(NC3CCC3)C2)cc1. The fourth-order valence-corrected chi connectivity index (χ4v) is 2.80. The van der Waals surface area contributed by atoms with Crippen molar-refractivity contribution in [3.8, 4) is 0 Å². The minimum absolute atomic E-state index is 0.759. The molecule has 2 saturated carbocycles. The molecular formula is C14H18ClN. The smallest absolute Gasteiger partial charge is 0.0406 e. The van der Waals surface area contributed by atoms with Crippen LogP contribution in [0.15, 0.2) is 24.3 Å². The fourth-order valence-electron chi connectivity index (χ4n) is 2.67. The first-order chi connectivity index (χ1) is 7.81. The molecule has 0 unspecified atom stereocenters. The lowest BCUT2D eigenvalue weighted by molar-refractivity contribution is 0.220. The molecule has 2 aliphatic carbocycles. The molecule has 0 atom stereocenters. The molecule has 1 aromatic rings. The molecule has 0 spiro atoms. The van der Waals surface area contributed by atoms with Gasteiger partial charge in [-0.25, -0.2) is 0 Å². The van der Waals surface area contributed by atoms with E-state index in [9.17, 15) is 0 Å². The van der Waals surface area contributed by atoms with Gasteiger partial charge in [0.25, 0.3) is 0 Å². The standard InChI is InChI=1S/C14H18ClN/c15-12-6-4-10(5-7-12)11-8-14(9-11)16-13-2-1-3-13/h4-7,11,13-14,16H,1-3,8-9H2. The van der Waals surface area contributed by atoms with Crippen molar-refractivity contribution in [2.75, 3.05) is 0 Å². The van der Waals surface area contributed by atoms with Gasteiger partial charge in [-0.1, -0.05) is 30.2 Å². The molecule has 0 aliphatic heterocycles. The molecule has 1 aromatic carbocycles. The Bertz CT molecular complexity index is 350. The van der Waals surface area contributed by atoms with Gasteiger partial charge in [-0.2, -0.15) is 0 Å². The number of benzene rings is 1. The zero-order chi connectivity index (χ0) is 11.0. The summed E-state index contributed by atoms with van der Waals surface area (Å²) in [6, 6.07) is 9.95. The van der Waals surface area contributed by atoms with E-state index in [2.05, 4.69) is 17.4 Å². The maximum absolute atomic E-state index is 5.89. The Balaban J connectivity index is 1.50. The molecule has 0 saturated heterocycles. The van der Waals surface area contributed by atoms with Crippen LogP contribution < -0.4 is 5.32 Å². The Labute approximate surface area is 102 Å². The Morgan fingerprint density at radius 1 is 1.00 bits per heavy atom. The van der Waals surface area contributed by atoms with Gasteiger partial charge in [0.1, 0.15) is 0 Å². The van der Waals surface area contributed by atoms with Crippen LogP contribution in [0.4, 0.5) is 0 Å². The summed E-state index contributed by atoms with van der Waals surface area (Å²) in [5.41, 5.74) is 1.45. The van der Waals surface area contributed by atoms with Gasteiger partial charge in [0.15, 0.2) is 0 Å². The average molecular weight is 236 g/mol. The Kier molecular flexibility index (Phi) is 2.91. The predicted octanol–water partition coefficient (Wildman–Crippen LogP) is 3.73. The van der Waals surface area contributed by atoms with Crippen LogP contribution in [-0.2, 0) is 0 Å². The van der Waals surface area contributed by atoms with Gasteiger partial charge in [-0.05, 0) is 49.3 Å². The van der Waals surface area contributed by atoms with E-state index >= 15 is 0 Å². The molecule has 0 amide bonds. The molecule has 0 bridgehead atoms. The summed E-state index contributed by atoms with van der Waals surface area (Å²) in [6.45, 7) is 0. The van der Waals surface area contributed by atoms with Crippen molar-refractivity contribution in [2.45, 2.75) is 50.1 Å². The van der Waals surface area contributed by atoms with Crippen molar-refractivity contribution in [1.29, 1.82) is 0 Å². The summed E-state index contributed by atoms with van der Waals surface area (Å²) in [5, 5.41) is 4.58. The highest BCUT2D eigenvalue weighted by atomic mass is 35.5. The quantitative estimate of drug-likeness (QED) is 0.842. The summed E-state index contributed by atoms with van der Waals surface area (Å²) in [7, 11) is 0. The zero-order valence-corrected chi connectivity index (χ0v) is 10.2. The summed E-state index contributed by atoms with van der Waals surface area (Å²) < 4.78 is 0. The van der Waals surface area contributed by atoms with Crippen molar-refractivity contribution in [3.05, 3.63) is 34.9 Å². The second-order valence-corrected chi connectivity index (χ2v) is 5.65. The molecule has 1 nitrogen and oxygen atoms in total. The van der Waals surface area contributed by atoms with Gasteiger partial charge >= 0.3 is 0 Å². The largest absolute Gasteiger partial charge is 0.311 e. The number of rotatable bonds is 3. The van der Waals surface area contributed by atoms with Gasteiger partial charge in [0.2, 0.25) is 0 Å². The normalized spacial score (nSPS) is 29.6. The Morgan fingerprint density at radius 2 is 1.69 bits per heavy atom. The van der Waals surface area contributed by atoms with E-state index in [0.717, 1.165) is 23.0 Å². The van der Waals surface area contributed by atoms with Gasteiger partial charge < -0.3 is 5.32 Å². The molecule has 2 aliphatic rings. The topological polar surface area (TPSA) is 12.0 Å². The second-order valence-electron chi connectivity index (χ2n) is 5.21. The van der Waals surface area contributed by atoms with Crippen molar-refractivity contribution >= 4 is 11.6 Å². The van der Waals surface area contributed by atoms with E-state index < -0.39 is 0 Å². The van der Waals surface area contributed by atoms with Crippen LogP contribution in [0.25, 0.3) is 0 Å². The third kappa shape index (κ3) is 2.11. The van der Waals surface area contributed by atoms with Crippen molar-refractivity contribution in [1.82, 2.24) is 5.32 Å². The van der Waals surface area contributed by atoms with E-state index in [0.29, 0.717) is 0 Å². The lowest BCUT2D eigenvalue weighted by Crippen LogP contribution is -2.48. The molecule has 86 valence electrons. The summed E-state index contributed by atoms with van der Waals surface area (Å²) in [4.78, 5) is 0. The van der Waals surface area contributed by atoms with Gasteiger partial charge in [-0.3, -0.25) is 0 Å². The highest BCUT2D eigenvalue weighted by Crippen LogP contribution is 2.38. The van der Waals surface area contributed by atoms with E-state index in [1.165, 1.54) is 37.7 Å². The van der Waals surface area contributed by atoms with Crippen LogP contribution in [-0.4, -0.2) is 12.1 Å². The highest BCUT2D eigenvalue weighted by molar-refractivity contribution is 6.30. The van der Waals surface area contributed by atoms with E-state index in [1.54, 1.807) is 0 Å². The predicted molar refractivity (Wildman–Crippen MR) is 68.0 cm³/mol. The molecule has 0 radical (unpaired) electrons. The van der Waals surface area contributed by atoms with Crippen LogP contribution in [0.1, 0.15) is 43.6 Å². The molecule has 0 aromatic heterocycles. The molecule has 3 rings (SSSR count). The lowest BCUT2D eigenvalue weighted by Gasteiger charge is -2.41. The van der Waals surface area contributed by atoms with Crippen LogP contribution >= 0.6 is 11.6 Å². The first kappa shape index (κ1) is 10.6. The van der Waals surface area contributed by atoms with E-state index in [-0.39, 0.29) is 0 Å². The zero-order valence-electron chi connectivity index (χ0n) is 9.45. The molecule has 2 heteroatoms. The number of nitrogens with one attached hydrogen (secondary N) is 1. The minimum Gasteiger partial charge on any atom is -0.311 e. The summed E-state index contributed by atoms with van der Waals surface area (Å²) in [6.07, 6.45) is 6.81. The van der Waals surface area contributed by atoms with E-state index in [1.807, 2.05) is 12.1 Å². The molecular weight excluding hydrogens is 218 g/mol. The monoisotopic (exact) mass is 235 g/mol. The minimum atomic E-state index is 0.759. The van der Waals surface area contributed by atoms with Crippen molar-refractivity contribution in [2.24, 2.45) is 0 Å². The number of halogens is 1. The van der Waals surface area contributed by atoms with E-state index in [4.69, 9.17) is 11.6 Å². The summed E-state index contributed by atoms with van der Waals surface area (Å²) >= 11 is 5.89. The molecule has 1 N–H and O–H groups in total. The van der Waals surface area contributed by atoms with Gasteiger partial charge in [0, 0.05) is 17.1 Å². The molecule has 16 heavy (non-hydrogen) atoms. The Morgan fingerprint density at radius 3 is 2.25 bits per heavy atom. The number of hydrogen-bond donors (Lipinski definition) is 1. The molecule has 2 fully saturated rings. The Hall–Kier alpha value is -0.530. The highest BCUT2D eigenvalue weighted by Gasteiger charge is 2.32. The second kappa shape index (κ2) is 4.38. The maximum Gasteiger partial charge on any atom is 0.0406 e. The van der Waals surface area contributed by atoms with Crippen molar-refractivity contribution < 1.29 is 0 Å². The van der Waals surface area contributed by atoms with Crippen LogP contribution in [0, 0.1) is 0 Å². The molecule has 0 heterocycles. The summed E-state index contributed by atoms with van der Waals surface area (Å²) in [5.74, 6) is 0.759. The fraction of sp³-hybridized carbons (Fsp3) is 0.571. The lowest BCUT2D eigenvalue weighted by atomic mass is 9.75. The maximum atomic E-state index is 5.89. The number of hydrogen-bond acceptors (Lipinski definition) is 1. The first-order valence-electron chi connectivity index (χ1n) is 6.33. The first-order valence-corrected chi connectivity index (χ1v) is 6.70. The van der Waals surface area contributed by atoms with Gasteiger partial charge in [-0.15, -0.1) is 0 Å². The third-order valence-corrected chi connectivity index (χ3v) is 4.31. The van der Waals surface area contributed by atoms with Crippen LogP contribution in [0.3, 0.4) is 0 Å².